The lowest BCUT2D eigenvalue weighted by Gasteiger charge is -2.25. The zero-order chi connectivity index (χ0) is 26.5. The van der Waals surface area contributed by atoms with Crippen molar-refractivity contribution in [2.45, 2.75) is 112 Å². The third kappa shape index (κ3) is 10.3. The van der Waals surface area contributed by atoms with Gasteiger partial charge in [0, 0.05) is 12.8 Å². The Kier molecular flexibility index (Phi) is 13.0. The van der Waals surface area contributed by atoms with E-state index in [-0.39, 0.29) is 12.3 Å². The summed E-state index contributed by atoms with van der Waals surface area (Å²) in [6, 6.07) is 2.23. The molecular weight excluding hydrogens is 448 g/mol. The third-order valence-electron chi connectivity index (χ3n) is 7.36. The van der Waals surface area contributed by atoms with E-state index in [9.17, 15) is 4.79 Å². The Morgan fingerprint density at radius 3 is 2.14 bits per heavy atom. The van der Waals surface area contributed by atoms with Crippen LogP contribution in [-0.2, 0) is 20.7 Å². The lowest BCUT2D eigenvalue weighted by molar-refractivity contribution is -0.140. The van der Waals surface area contributed by atoms with Gasteiger partial charge in [0.25, 0.3) is 0 Å². The van der Waals surface area contributed by atoms with Gasteiger partial charge in [-0.1, -0.05) is 34.9 Å². The Morgan fingerprint density at radius 2 is 1.53 bits per heavy atom. The highest BCUT2D eigenvalue weighted by Gasteiger charge is 2.18. The molecule has 1 fully saturated rings. The summed E-state index contributed by atoms with van der Waals surface area (Å²) in [6.07, 6.45) is 16.5. The molecule has 0 saturated carbocycles. The van der Waals surface area contributed by atoms with Crippen molar-refractivity contribution in [2.24, 2.45) is 0 Å². The molecule has 2 rings (SSSR count). The molecule has 1 saturated heterocycles. The molecule has 4 heteroatoms. The maximum atomic E-state index is 11.3. The van der Waals surface area contributed by atoms with Crippen molar-refractivity contribution in [1.82, 2.24) is 0 Å². The van der Waals surface area contributed by atoms with Crippen molar-refractivity contribution in [2.75, 3.05) is 13.7 Å². The van der Waals surface area contributed by atoms with Gasteiger partial charge in [-0.25, -0.2) is 0 Å². The van der Waals surface area contributed by atoms with E-state index >= 15 is 0 Å². The first kappa shape index (κ1) is 29.9. The van der Waals surface area contributed by atoms with Crippen molar-refractivity contribution in [3.8, 4) is 5.75 Å². The van der Waals surface area contributed by atoms with E-state index in [1.807, 2.05) is 0 Å². The Balaban J connectivity index is 1.85. The number of allylic oxidation sites excluding steroid dienone is 6. The number of carbonyl (C=O) groups excluding carboxylic acids is 1. The van der Waals surface area contributed by atoms with E-state index in [0.29, 0.717) is 6.42 Å². The lowest BCUT2D eigenvalue weighted by Crippen LogP contribution is -2.25. The van der Waals surface area contributed by atoms with Gasteiger partial charge in [-0.05, 0) is 121 Å². The van der Waals surface area contributed by atoms with Gasteiger partial charge in [-0.15, -0.1) is 0 Å². The molecule has 0 amide bonds. The van der Waals surface area contributed by atoms with E-state index in [1.54, 1.807) is 0 Å². The van der Waals surface area contributed by atoms with Gasteiger partial charge < -0.3 is 14.2 Å². The quantitative estimate of drug-likeness (QED) is 0.203. The number of carbonyl (C=O) groups is 1. The first-order valence-electron chi connectivity index (χ1n) is 13.6. The van der Waals surface area contributed by atoms with Crippen molar-refractivity contribution in [3.63, 3.8) is 0 Å². The molecule has 0 N–H and O–H groups in total. The van der Waals surface area contributed by atoms with E-state index in [0.717, 1.165) is 63.7 Å². The summed E-state index contributed by atoms with van der Waals surface area (Å²) in [5.41, 5.74) is 9.35. The van der Waals surface area contributed by atoms with E-state index in [1.165, 1.54) is 52.5 Å². The predicted octanol–water partition coefficient (Wildman–Crippen LogP) is 8.41. The van der Waals surface area contributed by atoms with Crippen LogP contribution >= 0.6 is 0 Å². The first-order valence-corrected chi connectivity index (χ1v) is 13.6. The van der Waals surface area contributed by atoms with Crippen LogP contribution in [0, 0.1) is 20.8 Å². The van der Waals surface area contributed by atoms with Crippen LogP contribution in [0.1, 0.15) is 101 Å². The number of esters is 1. The summed E-state index contributed by atoms with van der Waals surface area (Å²) in [5, 5.41) is 0. The minimum Gasteiger partial charge on any atom is -0.469 e. The zero-order valence-electron chi connectivity index (χ0n) is 23.8. The normalized spacial score (nSPS) is 17.3. The fourth-order valence-corrected chi connectivity index (χ4v) is 4.45. The summed E-state index contributed by atoms with van der Waals surface area (Å²) < 4.78 is 16.8. The molecule has 1 aliphatic heterocycles. The molecule has 0 bridgehead atoms. The Labute approximate surface area is 219 Å². The summed E-state index contributed by atoms with van der Waals surface area (Å²) in [4.78, 5) is 11.3. The summed E-state index contributed by atoms with van der Waals surface area (Å²) in [5.74, 6) is 0.830. The third-order valence-corrected chi connectivity index (χ3v) is 7.36. The van der Waals surface area contributed by atoms with E-state index in [2.05, 4.69) is 65.8 Å². The topological polar surface area (TPSA) is 44.8 Å². The van der Waals surface area contributed by atoms with Crippen molar-refractivity contribution in [3.05, 3.63) is 63.3 Å². The van der Waals surface area contributed by atoms with Gasteiger partial charge >= 0.3 is 5.97 Å². The average Bonchev–Trinajstić information content (AvgIpc) is 2.87. The minimum atomic E-state index is -0.141. The van der Waals surface area contributed by atoms with Crippen molar-refractivity contribution in [1.29, 1.82) is 0 Å². The summed E-state index contributed by atoms with van der Waals surface area (Å²) in [6.45, 7) is 13.9. The van der Waals surface area contributed by atoms with E-state index < -0.39 is 0 Å². The number of benzene rings is 1. The van der Waals surface area contributed by atoms with Crippen LogP contribution in [0.2, 0.25) is 0 Å². The predicted molar refractivity (Wildman–Crippen MR) is 150 cm³/mol. The number of ether oxygens (including phenoxy) is 3. The molecule has 1 aliphatic rings. The second-order valence-electron chi connectivity index (χ2n) is 10.3. The largest absolute Gasteiger partial charge is 0.469 e. The molecule has 1 aromatic rings. The monoisotopic (exact) mass is 496 g/mol. The SMILES string of the molecule is COC(=O)CC/C(C)=C/CC/C(C)=C/CCC(C)=CCc1cc(OC2CCCCO2)c(C)c(C)c1C. The second kappa shape index (κ2) is 15.7. The standard InChI is InChI=1S/C32H48O4/c1-23(13-11-15-25(3)18-20-31(33)34-7)12-10-14-24(2)17-19-29-22-30(28(6)26(4)27(29)5)36-32-16-8-9-21-35-32/h12,15,17,22,32H,8-11,13-14,16,18-21H2,1-7H3/b23-12+,24-17?,25-15+. The maximum Gasteiger partial charge on any atom is 0.305 e. The average molecular weight is 497 g/mol. The number of hydrogen-bond donors (Lipinski definition) is 0. The van der Waals surface area contributed by atoms with Crippen molar-refractivity contribution < 1.29 is 19.0 Å². The van der Waals surface area contributed by atoms with Crippen LogP contribution in [0.25, 0.3) is 0 Å². The van der Waals surface area contributed by atoms with Crippen LogP contribution in [0.4, 0.5) is 0 Å². The Hall–Kier alpha value is -2.33. The molecular formula is C32H48O4. The maximum absolute atomic E-state index is 11.3. The fourth-order valence-electron chi connectivity index (χ4n) is 4.45. The summed E-state index contributed by atoms with van der Waals surface area (Å²) in [7, 11) is 1.44. The first-order chi connectivity index (χ1) is 17.2. The molecule has 0 aliphatic carbocycles. The molecule has 0 aromatic heterocycles. The number of hydrogen-bond acceptors (Lipinski definition) is 4. The van der Waals surface area contributed by atoms with Gasteiger partial charge in [0.05, 0.1) is 13.7 Å². The van der Waals surface area contributed by atoms with Gasteiger partial charge in [-0.3, -0.25) is 4.79 Å². The lowest BCUT2D eigenvalue weighted by atomic mass is 9.95. The van der Waals surface area contributed by atoms with Crippen molar-refractivity contribution >= 4 is 5.97 Å². The molecule has 0 spiro atoms. The second-order valence-corrected chi connectivity index (χ2v) is 10.3. The molecule has 1 heterocycles. The zero-order valence-corrected chi connectivity index (χ0v) is 23.8. The summed E-state index contributed by atoms with van der Waals surface area (Å²) >= 11 is 0. The highest BCUT2D eigenvalue weighted by molar-refractivity contribution is 5.69. The van der Waals surface area contributed by atoms with Crippen LogP contribution in [0.5, 0.6) is 5.75 Å². The van der Waals surface area contributed by atoms with Crippen LogP contribution in [0.15, 0.2) is 41.0 Å². The minimum absolute atomic E-state index is 0.112. The van der Waals surface area contributed by atoms with Gasteiger partial charge in [0.1, 0.15) is 5.75 Å². The molecule has 1 atom stereocenters. The molecule has 1 aromatic carbocycles. The molecule has 1 unspecified atom stereocenters. The fraction of sp³-hybridized carbons (Fsp3) is 0.594. The number of methoxy groups -OCH3 is 1. The smallest absolute Gasteiger partial charge is 0.305 e. The van der Waals surface area contributed by atoms with E-state index in [4.69, 9.17) is 14.2 Å². The van der Waals surface area contributed by atoms with Gasteiger partial charge in [0.15, 0.2) is 6.29 Å². The molecule has 36 heavy (non-hydrogen) atoms. The van der Waals surface area contributed by atoms with Crippen LogP contribution in [0.3, 0.4) is 0 Å². The number of rotatable bonds is 13. The Bertz CT molecular complexity index is 945. The highest BCUT2D eigenvalue weighted by atomic mass is 16.7. The molecule has 200 valence electrons. The Morgan fingerprint density at radius 1 is 0.889 bits per heavy atom. The molecule has 0 radical (unpaired) electrons. The highest BCUT2D eigenvalue weighted by Crippen LogP contribution is 2.30. The van der Waals surface area contributed by atoms with Crippen LogP contribution in [-0.4, -0.2) is 26.0 Å². The molecule has 4 nitrogen and oxygen atoms in total. The van der Waals surface area contributed by atoms with Crippen LogP contribution < -0.4 is 4.74 Å². The van der Waals surface area contributed by atoms with Gasteiger partial charge in [0.2, 0.25) is 0 Å². The van der Waals surface area contributed by atoms with Gasteiger partial charge in [-0.2, -0.15) is 0 Å².